The lowest BCUT2D eigenvalue weighted by Crippen LogP contribution is -2.46. The van der Waals surface area contributed by atoms with Gasteiger partial charge in [-0.1, -0.05) is 25.1 Å². The second-order valence-corrected chi connectivity index (χ2v) is 6.86. The van der Waals surface area contributed by atoms with E-state index in [4.69, 9.17) is 4.74 Å². The van der Waals surface area contributed by atoms with Crippen molar-refractivity contribution in [2.75, 3.05) is 26.7 Å². The molecular weight excluding hydrogens is 284 g/mol. The summed E-state index contributed by atoms with van der Waals surface area (Å²) in [6, 6.07) is 10.3. The number of carbonyl (C=O) groups excluding carboxylic acids is 1. The summed E-state index contributed by atoms with van der Waals surface area (Å²) in [6.07, 6.45) is 2.16. The van der Waals surface area contributed by atoms with Crippen molar-refractivity contribution in [2.45, 2.75) is 36.0 Å². The smallest absolute Gasteiger partial charge is 0.317 e. The number of piperidine rings is 1. The molecule has 5 heteroatoms. The van der Waals surface area contributed by atoms with Crippen molar-refractivity contribution in [1.82, 2.24) is 10.2 Å². The molecule has 2 rings (SSSR count). The number of hydrogen-bond acceptors (Lipinski definition) is 3. The van der Waals surface area contributed by atoms with Crippen LogP contribution in [0.25, 0.3) is 0 Å². The van der Waals surface area contributed by atoms with Crippen LogP contribution >= 0.6 is 11.8 Å². The largest absolute Gasteiger partial charge is 0.381 e. The van der Waals surface area contributed by atoms with E-state index in [1.807, 2.05) is 23.1 Å². The molecule has 0 aromatic heterocycles. The van der Waals surface area contributed by atoms with Crippen LogP contribution in [0.15, 0.2) is 35.2 Å². The Morgan fingerprint density at radius 3 is 2.67 bits per heavy atom. The highest BCUT2D eigenvalue weighted by Crippen LogP contribution is 2.22. The van der Waals surface area contributed by atoms with E-state index in [1.54, 1.807) is 18.9 Å². The van der Waals surface area contributed by atoms with Gasteiger partial charge in [-0.15, -0.1) is 11.8 Å². The van der Waals surface area contributed by atoms with Gasteiger partial charge in [-0.25, -0.2) is 4.79 Å². The Morgan fingerprint density at radius 1 is 1.38 bits per heavy atom. The van der Waals surface area contributed by atoms with Crippen LogP contribution in [0, 0.1) is 0 Å². The van der Waals surface area contributed by atoms with E-state index in [0.29, 0.717) is 17.9 Å². The molecule has 0 bridgehead atoms. The van der Waals surface area contributed by atoms with Crippen LogP contribution in [0.2, 0.25) is 0 Å². The first-order valence-corrected chi connectivity index (χ1v) is 8.34. The summed E-state index contributed by atoms with van der Waals surface area (Å²) in [5, 5.41) is 3.39. The number of carbonyl (C=O) groups is 1. The van der Waals surface area contributed by atoms with Crippen LogP contribution in [0.3, 0.4) is 0 Å². The topological polar surface area (TPSA) is 41.6 Å². The summed E-state index contributed by atoms with van der Waals surface area (Å²) in [5.41, 5.74) is 0. The molecule has 1 heterocycles. The Kier molecular flexibility index (Phi) is 6.39. The number of nitrogens with one attached hydrogen (secondary N) is 1. The minimum absolute atomic E-state index is 0.0464. The number of likely N-dealkylation sites (tertiary alicyclic amines) is 1. The molecule has 2 amide bonds. The number of benzene rings is 1. The van der Waals surface area contributed by atoms with Gasteiger partial charge in [0.15, 0.2) is 0 Å². The minimum atomic E-state index is 0.0464. The SMILES string of the molecule is COC1CCN(C(=O)NCC(C)Sc2ccccc2)CC1. The maximum absolute atomic E-state index is 12.1. The van der Waals surface area contributed by atoms with E-state index in [9.17, 15) is 4.79 Å². The molecule has 1 fully saturated rings. The van der Waals surface area contributed by atoms with Crippen molar-refractivity contribution < 1.29 is 9.53 Å². The monoisotopic (exact) mass is 308 g/mol. The Hall–Kier alpha value is -1.20. The molecule has 1 aliphatic rings. The summed E-state index contributed by atoms with van der Waals surface area (Å²) in [7, 11) is 1.74. The third-order valence-corrected chi connectivity index (χ3v) is 4.80. The van der Waals surface area contributed by atoms with E-state index in [0.717, 1.165) is 25.9 Å². The zero-order chi connectivity index (χ0) is 15.1. The van der Waals surface area contributed by atoms with Gasteiger partial charge in [0.2, 0.25) is 0 Å². The standard InChI is InChI=1S/C16H24N2O2S/c1-13(21-15-6-4-3-5-7-15)12-17-16(19)18-10-8-14(20-2)9-11-18/h3-7,13-14H,8-12H2,1-2H3,(H,17,19). The van der Waals surface area contributed by atoms with Gasteiger partial charge >= 0.3 is 6.03 Å². The molecule has 0 saturated carbocycles. The number of ether oxygens (including phenoxy) is 1. The average molecular weight is 308 g/mol. The zero-order valence-electron chi connectivity index (χ0n) is 12.7. The number of thioether (sulfide) groups is 1. The van der Waals surface area contributed by atoms with Crippen LogP contribution in [0.5, 0.6) is 0 Å². The Labute approximate surface area is 131 Å². The number of rotatable bonds is 5. The third-order valence-electron chi connectivity index (χ3n) is 3.68. The first-order chi connectivity index (χ1) is 10.2. The Bertz CT molecular complexity index is 433. The molecule has 1 N–H and O–H groups in total. The van der Waals surface area contributed by atoms with Gasteiger partial charge in [-0.3, -0.25) is 0 Å². The summed E-state index contributed by atoms with van der Waals surface area (Å²) in [4.78, 5) is 15.2. The van der Waals surface area contributed by atoms with Crippen molar-refractivity contribution >= 4 is 17.8 Å². The van der Waals surface area contributed by atoms with Gasteiger partial charge < -0.3 is 15.0 Å². The fourth-order valence-electron chi connectivity index (χ4n) is 2.41. The maximum atomic E-state index is 12.1. The molecule has 1 aromatic carbocycles. The quantitative estimate of drug-likeness (QED) is 0.850. The van der Waals surface area contributed by atoms with E-state index in [1.165, 1.54) is 4.90 Å². The highest BCUT2D eigenvalue weighted by Gasteiger charge is 2.22. The van der Waals surface area contributed by atoms with Crippen molar-refractivity contribution in [3.05, 3.63) is 30.3 Å². The van der Waals surface area contributed by atoms with Gasteiger partial charge in [0.05, 0.1) is 6.10 Å². The number of amides is 2. The summed E-state index contributed by atoms with van der Waals surface area (Å²) >= 11 is 1.78. The number of nitrogens with zero attached hydrogens (tertiary/aromatic N) is 1. The molecular formula is C16H24N2O2S. The number of hydrogen-bond donors (Lipinski definition) is 1. The second kappa shape index (κ2) is 8.29. The molecule has 0 spiro atoms. The van der Waals surface area contributed by atoms with E-state index in [2.05, 4.69) is 24.4 Å². The fourth-order valence-corrected chi connectivity index (χ4v) is 3.36. The average Bonchev–Trinajstić information content (AvgIpc) is 2.53. The number of methoxy groups -OCH3 is 1. The molecule has 1 saturated heterocycles. The van der Waals surface area contributed by atoms with Crippen molar-refractivity contribution in [1.29, 1.82) is 0 Å². The van der Waals surface area contributed by atoms with E-state index >= 15 is 0 Å². The molecule has 1 aromatic rings. The van der Waals surface area contributed by atoms with E-state index < -0.39 is 0 Å². The highest BCUT2D eigenvalue weighted by molar-refractivity contribution is 8.00. The van der Waals surface area contributed by atoms with Crippen LogP contribution in [0.4, 0.5) is 4.79 Å². The van der Waals surface area contributed by atoms with Crippen LogP contribution in [0.1, 0.15) is 19.8 Å². The predicted molar refractivity (Wildman–Crippen MR) is 86.8 cm³/mol. The zero-order valence-corrected chi connectivity index (χ0v) is 13.6. The predicted octanol–water partition coefficient (Wildman–Crippen LogP) is 2.99. The molecule has 1 unspecified atom stereocenters. The first kappa shape index (κ1) is 16.2. The highest BCUT2D eigenvalue weighted by atomic mass is 32.2. The van der Waals surface area contributed by atoms with Crippen LogP contribution < -0.4 is 5.32 Å². The van der Waals surface area contributed by atoms with Crippen LogP contribution in [-0.4, -0.2) is 49.0 Å². The lowest BCUT2D eigenvalue weighted by Gasteiger charge is -2.31. The molecule has 116 valence electrons. The minimum Gasteiger partial charge on any atom is -0.381 e. The molecule has 0 aliphatic carbocycles. The normalized spacial score (nSPS) is 17.5. The van der Waals surface area contributed by atoms with Gasteiger partial charge in [-0.2, -0.15) is 0 Å². The number of urea groups is 1. The molecule has 1 aliphatic heterocycles. The maximum Gasteiger partial charge on any atom is 0.317 e. The van der Waals surface area contributed by atoms with Gasteiger partial charge in [0, 0.05) is 36.9 Å². The summed E-state index contributed by atoms with van der Waals surface area (Å²) in [5.74, 6) is 0. The lowest BCUT2D eigenvalue weighted by atomic mass is 10.1. The van der Waals surface area contributed by atoms with E-state index in [-0.39, 0.29) is 6.03 Å². The first-order valence-electron chi connectivity index (χ1n) is 7.46. The molecule has 1 atom stereocenters. The molecule has 4 nitrogen and oxygen atoms in total. The lowest BCUT2D eigenvalue weighted by molar-refractivity contribution is 0.0504. The van der Waals surface area contributed by atoms with Crippen molar-refractivity contribution in [3.63, 3.8) is 0 Å². The van der Waals surface area contributed by atoms with Gasteiger partial charge in [0.1, 0.15) is 0 Å². The summed E-state index contributed by atoms with van der Waals surface area (Å²) in [6.45, 7) is 4.38. The summed E-state index contributed by atoms with van der Waals surface area (Å²) < 4.78 is 5.32. The van der Waals surface area contributed by atoms with Gasteiger partial charge in [-0.05, 0) is 25.0 Å². The van der Waals surface area contributed by atoms with Crippen molar-refractivity contribution in [2.24, 2.45) is 0 Å². The van der Waals surface area contributed by atoms with Crippen LogP contribution in [-0.2, 0) is 4.74 Å². The van der Waals surface area contributed by atoms with Gasteiger partial charge in [0.25, 0.3) is 0 Å². The Balaban J connectivity index is 1.69. The Morgan fingerprint density at radius 2 is 2.05 bits per heavy atom. The second-order valence-electron chi connectivity index (χ2n) is 5.35. The fraction of sp³-hybridized carbons (Fsp3) is 0.562. The third kappa shape index (κ3) is 5.25. The van der Waals surface area contributed by atoms with Crippen molar-refractivity contribution in [3.8, 4) is 0 Å². The molecule has 0 radical (unpaired) electrons. The molecule has 21 heavy (non-hydrogen) atoms.